The molecule has 0 bridgehead atoms. The average molecular weight is 991 g/mol. The van der Waals surface area contributed by atoms with Crippen molar-refractivity contribution in [2.24, 2.45) is 0 Å². The van der Waals surface area contributed by atoms with Crippen LogP contribution in [0.4, 0.5) is 0 Å². The summed E-state index contributed by atoms with van der Waals surface area (Å²) >= 11 is 0. The van der Waals surface area contributed by atoms with E-state index in [1.807, 2.05) is 21.1 Å². The van der Waals surface area contributed by atoms with E-state index in [-0.39, 0.29) is 19.1 Å². The van der Waals surface area contributed by atoms with Crippen LogP contribution in [0.15, 0.2) is 134 Å². The van der Waals surface area contributed by atoms with E-state index in [4.69, 9.17) is 9.05 Å². The largest absolute Gasteiger partial charge is 0.756 e. The number of nitrogens with one attached hydrogen (secondary N) is 1. The Labute approximate surface area is 430 Å². The molecule has 2 N–H and O–H groups in total. The van der Waals surface area contributed by atoms with Crippen molar-refractivity contribution < 1.29 is 32.9 Å². The van der Waals surface area contributed by atoms with Gasteiger partial charge in [0.15, 0.2) is 0 Å². The van der Waals surface area contributed by atoms with Crippen LogP contribution in [-0.2, 0) is 18.4 Å². The maximum absolute atomic E-state index is 12.9. The molecule has 0 aromatic heterocycles. The fraction of sp³-hybridized carbons (Fsp3) is 0.623. The molecular weight excluding hydrogens is 888 g/mol. The third-order valence-electron chi connectivity index (χ3n) is 11.4. The molecule has 1 amide bonds. The van der Waals surface area contributed by atoms with Gasteiger partial charge in [0.05, 0.1) is 39.9 Å². The Balaban J connectivity index is 4.01. The van der Waals surface area contributed by atoms with Crippen LogP contribution in [0.25, 0.3) is 0 Å². The van der Waals surface area contributed by atoms with Gasteiger partial charge in [0.2, 0.25) is 5.91 Å². The first-order valence-electron chi connectivity index (χ1n) is 27.5. The van der Waals surface area contributed by atoms with Crippen molar-refractivity contribution in [2.75, 3.05) is 40.9 Å². The lowest BCUT2D eigenvalue weighted by atomic mass is 10.0. The van der Waals surface area contributed by atoms with Gasteiger partial charge in [-0.3, -0.25) is 9.36 Å². The van der Waals surface area contributed by atoms with Crippen LogP contribution < -0.4 is 10.2 Å². The Kier molecular flexibility index (Phi) is 48.1. The van der Waals surface area contributed by atoms with Gasteiger partial charge in [0.25, 0.3) is 7.82 Å². The first-order valence-corrected chi connectivity index (χ1v) is 29.0. The SMILES string of the molecule is CC/C=C\C/C=C\C/C=C\C/C=C\C/C=C\C/C=C\C/C=C\C/C=C\C/C=C\C/C=C\C/C=C\CCCCCCCCCC(=O)NC(COP(=O)([O-])OCC[N+](C)(C)C)C(O)CCCCCCCCC. The highest BCUT2D eigenvalue weighted by atomic mass is 31.2. The number of aliphatic hydroxyl groups is 1. The molecule has 9 heteroatoms. The number of likely N-dealkylation sites (N-methyl/N-ethyl adjacent to an activating group) is 1. The summed E-state index contributed by atoms with van der Waals surface area (Å²) in [7, 11) is 1.27. The van der Waals surface area contributed by atoms with E-state index >= 15 is 0 Å². The Hall–Kier alpha value is -3.36. The topological polar surface area (TPSA) is 108 Å². The van der Waals surface area contributed by atoms with Crippen molar-refractivity contribution in [1.82, 2.24) is 5.32 Å². The Bertz CT molecular complexity index is 1590. The van der Waals surface area contributed by atoms with Crippen molar-refractivity contribution in [2.45, 2.75) is 206 Å². The van der Waals surface area contributed by atoms with Crippen LogP contribution in [0.2, 0.25) is 0 Å². The van der Waals surface area contributed by atoms with Crippen molar-refractivity contribution >= 4 is 13.7 Å². The van der Waals surface area contributed by atoms with Gasteiger partial charge in [-0.1, -0.05) is 225 Å². The minimum Gasteiger partial charge on any atom is -0.756 e. The quantitative estimate of drug-likeness (QED) is 0.0272. The predicted octanol–water partition coefficient (Wildman–Crippen LogP) is 16.1. The fourth-order valence-electron chi connectivity index (χ4n) is 7.10. The Morgan fingerprint density at radius 1 is 0.514 bits per heavy atom. The number of unbranched alkanes of at least 4 members (excludes halogenated alkanes) is 13. The highest BCUT2D eigenvalue weighted by molar-refractivity contribution is 7.45. The van der Waals surface area contributed by atoms with E-state index in [2.05, 4.69) is 153 Å². The number of aliphatic hydroxyl groups excluding tert-OH is 1. The summed E-state index contributed by atoms with van der Waals surface area (Å²) in [5, 5.41) is 13.8. The molecule has 3 atom stereocenters. The van der Waals surface area contributed by atoms with E-state index < -0.39 is 20.0 Å². The summed E-state index contributed by atoms with van der Waals surface area (Å²) < 4.78 is 23.2. The molecule has 0 saturated carbocycles. The molecule has 0 aliphatic heterocycles. The smallest absolute Gasteiger partial charge is 0.268 e. The van der Waals surface area contributed by atoms with Crippen LogP contribution in [0, 0.1) is 0 Å². The summed E-state index contributed by atoms with van der Waals surface area (Å²) in [5.74, 6) is -0.187. The predicted molar refractivity (Wildman–Crippen MR) is 302 cm³/mol. The third kappa shape index (κ3) is 52.5. The van der Waals surface area contributed by atoms with Crippen LogP contribution in [-0.4, -0.2) is 68.5 Å². The number of carbonyl (C=O) groups is 1. The average Bonchev–Trinajstić information content (AvgIpc) is 3.32. The number of phosphoric ester groups is 1. The summed E-state index contributed by atoms with van der Waals surface area (Å²) in [6.45, 7) is 4.52. The molecule has 0 aromatic carbocycles. The van der Waals surface area contributed by atoms with Gasteiger partial charge in [-0.15, -0.1) is 0 Å². The summed E-state index contributed by atoms with van der Waals surface area (Å²) in [5.41, 5.74) is 0. The highest BCUT2D eigenvalue weighted by Crippen LogP contribution is 2.38. The van der Waals surface area contributed by atoms with Gasteiger partial charge in [-0.05, 0) is 96.3 Å². The van der Waals surface area contributed by atoms with Gasteiger partial charge in [0.1, 0.15) is 13.2 Å². The molecule has 0 aromatic rings. The van der Waals surface area contributed by atoms with Gasteiger partial charge in [0, 0.05) is 6.42 Å². The maximum atomic E-state index is 12.9. The molecule has 398 valence electrons. The molecule has 0 aliphatic carbocycles. The molecule has 0 rings (SSSR count). The summed E-state index contributed by atoms with van der Waals surface area (Å²) in [4.78, 5) is 25.3. The van der Waals surface area contributed by atoms with Gasteiger partial charge < -0.3 is 28.8 Å². The Morgan fingerprint density at radius 3 is 1.27 bits per heavy atom. The van der Waals surface area contributed by atoms with Crippen LogP contribution in [0.1, 0.15) is 194 Å². The van der Waals surface area contributed by atoms with E-state index in [0.717, 1.165) is 122 Å². The molecule has 3 unspecified atom stereocenters. The molecular formula is C61H103N2O6P. The van der Waals surface area contributed by atoms with Crippen molar-refractivity contribution in [3.8, 4) is 0 Å². The molecule has 0 spiro atoms. The van der Waals surface area contributed by atoms with Gasteiger partial charge in [-0.2, -0.15) is 0 Å². The van der Waals surface area contributed by atoms with Gasteiger partial charge >= 0.3 is 0 Å². The monoisotopic (exact) mass is 991 g/mol. The second kappa shape index (κ2) is 50.6. The fourth-order valence-corrected chi connectivity index (χ4v) is 7.82. The minimum absolute atomic E-state index is 0.00266. The molecule has 0 saturated heterocycles. The maximum Gasteiger partial charge on any atom is 0.268 e. The number of nitrogens with zero attached hydrogens (tertiary/aromatic N) is 1. The van der Waals surface area contributed by atoms with E-state index in [1.165, 1.54) is 44.9 Å². The zero-order valence-electron chi connectivity index (χ0n) is 45.2. The van der Waals surface area contributed by atoms with E-state index in [1.54, 1.807) is 0 Å². The first-order chi connectivity index (χ1) is 34.0. The number of quaternary nitrogens is 1. The summed E-state index contributed by atoms with van der Waals surface area (Å²) in [6, 6.07) is -0.813. The Morgan fingerprint density at radius 2 is 0.871 bits per heavy atom. The molecule has 0 heterocycles. The van der Waals surface area contributed by atoms with Crippen LogP contribution >= 0.6 is 7.82 Å². The summed E-state index contributed by atoms with van der Waals surface area (Å²) in [6.07, 6.45) is 76.6. The molecule has 8 nitrogen and oxygen atoms in total. The molecule has 0 radical (unpaired) electrons. The number of allylic oxidation sites excluding steroid dienone is 22. The number of amides is 1. The number of hydrogen-bond acceptors (Lipinski definition) is 6. The van der Waals surface area contributed by atoms with Crippen LogP contribution in [0.5, 0.6) is 0 Å². The standard InChI is InChI=1S/C61H103N2O6P/c1-6-8-10-12-14-15-16-17-18-19-20-21-22-23-24-25-26-27-28-29-30-31-32-33-34-35-36-37-38-39-40-41-42-43-44-45-46-47-49-51-53-55-61(65)62-59(60(64)54-52-50-48-13-11-9-7-2)58-69-70(66,67)68-57-56-63(3,4)5/h8,10,14-15,17-18,20-21,23-24,26-27,29-30,32-33,35-36,38-39,41-42,59-60,64H,6-7,9,11-13,16,19,22,25,28,31,34,37,40,43-58H2,1-5H3,(H-,62,65,66,67)/b10-8-,15-14-,18-17-,21-20-,24-23-,27-26-,30-29-,33-32-,36-35-,39-38-,42-41-. The molecule has 0 aliphatic rings. The number of hydrogen-bond donors (Lipinski definition) is 2. The lowest BCUT2D eigenvalue weighted by Gasteiger charge is -2.30. The van der Waals surface area contributed by atoms with Crippen molar-refractivity contribution in [3.63, 3.8) is 0 Å². The number of phosphoric acid groups is 1. The first kappa shape index (κ1) is 66.6. The normalized spacial score (nSPS) is 15.0. The zero-order chi connectivity index (χ0) is 51.3. The number of carbonyl (C=O) groups excluding carboxylic acids is 1. The second-order valence-electron chi connectivity index (χ2n) is 19.2. The highest BCUT2D eigenvalue weighted by Gasteiger charge is 2.24. The number of rotatable bonds is 48. The lowest BCUT2D eigenvalue weighted by molar-refractivity contribution is -0.870. The zero-order valence-corrected chi connectivity index (χ0v) is 46.1. The van der Waals surface area contributed by atoms with Crippen LogP contribution in [0.3, 0.4) is 0 Å². The molecule has 0 fully saturated rings. The molecule has 70 heavy (non-hydrogen) atoms. The van der Waals surface area contributed by atoms with Crippen molar-refractivity contribution in [3.05, 3.63) is 134 Å². The van der Waals surface area contributed by atoms with E-state index in [9.17, 15) is 19.4 Å². The minimum atomic E-state index is -4.57. The lowest BCUT2D eigenvalue weighted by Crippen LogP contribution is -2.46. The third-order valence-corrected chi connectivity index (χ3v) is 12.4. The second-order valence-corrected chi connectivity index (χ2v) is 20.6. The van der Waals surface area contributed by atoms with Crippen molar-refractivity contribution in [1.29, 1.82) is 0 Å². The van der Waals surface area contributed by atoms with E-state index in [0.29, 0.717) is 23.9 Å². The van der Waals surface area contributed by atoms with Gasteiger partial charge in [-0.25, -0.2) is 0 Å².